The average molecular weight is 340 g/mol. The van der Waals surface area contributed by atoms with Gasteiger partial charge >= 0.3 is 0 Å². The summed E-state index contributed by atoms with van der Waals surface area (Å²) in [6.07, 6.45) is 5.79. The highest BCUT2D eigenvalue weighted by atomic mass is 16.5. The molecule has 130 valence electrons. The molecule has 25 heavy (non-hydrogen) atoms. The van der Waals surface area contributed by atoms with Crippen molar-refractivity contribution < 1.29 is 13.9 Å². The molecule has 0 unspecified atom stereocenters. The molecule has 1 amide bonds. The van der Waals surface area contributed by atoms with Gasteiger partial charge in [-0.15, -0.1) is 10.2 Å². The van der Waals surface area contributed by atoms with Crippen molar-refractivity contribution in [1.82, 2.24) is 15.1 Å². The monoisotopic (exact) mass is 340 g/mol. The molecule has 0 saturated heterocycles. The Hall–Kier alpha value is -2.88. The van der Waals surface area contributed by atoms with Crippen molar-refractivity contribution in [3.63, 3.8) is 0 Å². The summed E-state index contributed by atoms with van der Waals surface area (Å²) in [5, 5.41) is 17.0. The lowest BCUT2D eigenvalue weighted by molar-refractivity contribution is -0.137. The van der Waals surface area contributed by atoms with Crippen molar-refractivity contribution in [2.24, 2.45) is 0 Å². The van der Waals surface area contributed by atoms with Gasteiger partial charge < -0.3 is 14.1 Å². The van der Waals surface area contributed by atoms with E-state index in [-0.39, 0.29) is 12.5 Å². The van der Waals surface area contributed by atoms with Crippen LogP contribution in [0.5, 0.6) is 5.75 Å². The number of carbonyl (C=O) groups excluding carboxylic acids is 1. The number of rotatable bonds is 5. The summed E-state index contributed by atoms with van der Waals surface area (Å²) >= 11 is 0. The maximum absolute atomic E-state index is 12.4. The van der Waals surface area contributed by atoms with Crippen molar-refractivity contribution in [1.29, 1.82) is 5.26 Å². The molecular formula is C18H20N4O3. The van der Waals surface area contributed by atoms with Gasteiger partial charge in [0.05, 0.1) is 6.07 Å². The number of benzene rings is 1. The second-order valence-electron chi connectivity index (χ2n) is 6.21. The topological polar surface area (TPSA) is 92.2 Å². The first kappa shape index (κ1) is 17.0. The van der Waals surface area contributed by atoms with E-state index in [1.165, 1.54) is 6.39 Å². The van der Waals surface area contributed by atoms with Crippen LogP contribution >= 0.6 is 0 Å². The molecule has 0 radical (unpaired) electrons. The van der Waals surface area contributed by atoms with E-state index in [0.717, 1.165) is 37.7 Å². The summed E-state index contributed by atoms with van der Waals surface area (Å²) in [5.41, 5.74) is 0.0828. The Labute approximate surface area is 146 Å². The molecule has 1 aliphatic rings. The molecule has 0 N–H and O–H groups in total. The van der Waals surface area contributed by atoms with E-state index in [1.54, 1.807) is 36.2 Å². The number of hydrogen-bond acceptors (Lipinski definition) is 6. The predicted molar refractivity (Wildman–Crippen MR) is 89.4 cm³/mol. The Morgan fingerprint density at radius 2 is 2.04 bits per heavy atom. The molecule has 7 heteroatoms. The zero-order valence-electron chi connectivity index (χ0n) is 14.1. The molecule has 0 atom stereocenters. The van der Waals surface area contributed by atoms with Gasteiger partial charge in [0.2, 0.25) is 12.3 Å². The SMILES string of the molecule is CN(C(=O)COc1ccc(-c2nnco2)cc1)C1(C#N)CCCCC1. The molecule has 0 bridgehead atoms. The number of amides is 1. The van der Waals surface area contributed by atoms with Crippen LogP contribution in [0.3, 0.4) is 0 Å². The van der Waals surface area contributed by atoms with Crippen molar-refractivity contribution in [2.45, 2.75) is 37.6 Å². The number of hydrogen-bond donors (Lipinski definition) is 0. The minimum absolute atomic E-state index is 0.0974. The van der Waals surface area contributed by atoms with Crippen LogP contribution in [0, 0.1) is 11.3 Å². The smallest absolute Gasteiger partial charge is 0.261 e. The van der Waals surface area contributed by atoms with Crippen molar-refractivity contribution >= 4 is 5.91 Å². The Morgan fingerprint density at radius 3 is 2.64 bits per heavy atom. The van der Waals surface area contributed by atoms with Crippen LogP contribution in [0.15, 0.2) is 35.1 Å². The fourth-order valence-corrected chi connectivity index (χ4v) is 3.13. The highest BCUT2D eigenvalue weighted by molar-refractivity contribution is 5.79. The van der Waals surface area contributed by atoms with Gasteiger partial charge in [-0.25, -0.2) is 0 Å². The first-order valence-corrected chi connectivity index (χ1v) is 8.32. The van der Waals surface area contributed by atoms with Gasteiger partial charge in [-0.3, -0.25) is 4.79 Å². The Balaban J connectivity index is 1.59. The third-order valence-corrected chi connectivity index (χ3v) is 4.73. The third kappa shape index (κ3) is 3.63. The number of ether oxygens (including phenoxy) is 1. The van der Waals surface area contributed by atoms with Gasteiger partial charge in [0.15, 0.2) is 6.61 Å². The predicted octanol–water partition coefficient (Wildman–Crippen LogP) is 2.80. The minimum atomic E-state index is -0.694. The molecule has 1 aromatic carbocycles. The van der Waals surface area contributed by atoms with Crippen molar-refractivity contribution in [3.05, 3.63) is 30.7 Å². The maximum atomic E-state index is 12.4. The van der Waals surface area contributed by atoms with Crippen LogP contribution in [0.2, 0.25) is 0 Å². The van der Waals surface area contributed by atoms with Crippen molar-refractivity contribution in [2.75, 3.05) is 13.7 Å². The Kier molecular flexibility index (Phi) is 4.98. The zero-order chi connectivity index (χ0) is 17.7. The first-order chi connectivity index (χ1) is 12.1. The fourth-order valence-electron chi connectivity index (χ4n) is 3.13. The lowest BCUT2D eigenvalue weighted by Crippen LogP contribution is -2.51. The number of nitrogens with zero attached hydrogens (tertiary/aromatic N) is 4. The van der Waals surface area contributed by atoms with Crippen LogP contribution in [0.1, 0.15) is 32.1 Å². The van der Waals surface area contributed by atoms with E-state index in [4.69, 9.17) is 9.15 Å². The second kappa shape index (κ2) is 7.34. The summed E-state index contributed by atoms with van der Waals surface area (Å²) in [6.45, 7) is -0.0974. The van der Waals surface area contributed by atoms with Crippen molar-refractivity contribution in [3.8, 4) is 23.3 Å². The van der Waals surface area contributed by atoms with E-state index in [1.807, 2.05) is 0 Å². The molecular weight excluding hydrogens is 320 g/mol. The lowest BCUT2D eigenvalue weighted by Gasteiger charge is -2.38. The highest BCUT2D eigenvalue weighted by Gasteiger charge is 2.38. The van der Waals surface area contributed by atoms with Gasteiger partial charge in [0, 0.05) is 12.6 Å². The molecule has 0 aliphatic heterocycles. The Bertz CT molecular complexity index is 744. The van der Waals surface area contributed by atoms with Crippen LogP contribution in [0.25, 0.3) is 11.5 Å². The number of carbonyl (C=O) groups is 1. The fraction of sp³-hybridized carbons (Fsp3) is 0.444. The van der Waals surface area contributed by atoms with E-state index in [2.05, 4.69) is 16.3 Å². The molecule has 1 saturated carbocycles. The van der Waals surface area contributed by atoms with Gasteiger partial charge in [0.1, 0.15) is 11.3 Å². The second-order valence-corrected chi connectivity index (χ2v) is 6.21. The largest absolute Gasteiger partial charge is 0.484 e. The molecule has 1 heterocycles. The molecule has 2 aromatic rings. The summed E-state index contributed by atoms with van der Waals surface area (Å²) in [4.78, 5) is 14.0. The molecule has 1 aliphatic carbocycles. The standard InChI is InChI=1S/C18H20N4O3/c1-22(18(12-19)9-3-2-4-10-18)16(23)11-24-15-7-5-14(6-8-15)17-21-20-13-25-17/h5-8,13H,2-4,9-11H2,1H3. The summed E-state index contributed by atoms with van der Waals surface area (Å²) in [6, 6.07) is 9.41. The van der Waals surface area contributed by atoms with Gasteiger partial charge in [0.25, 0.3) is 5.91 Å². The Morgan fingerprint density at radius 1 is 1.32 bits per heavy atom. The minimum Gasteiger partial charge on any atom is -0.484 e. The van der Waals surface area contributed by atoms with Gasteiger partial charge in [-0.2, -0.15) is 5.26 Å². The van der Waals surface area contributed by atoms with Crippen LogP contribution in [-0.2, 0) is 4.79 Å². The van der Waals surface area contributed by atoms with Crippen LogP contribution in [-0.4, -0.2) is 40.2 Å². The average Bonchev–Trinajstić information content (AvgIpc) is 3.21. The maximum Gasteiger partial charge on any atom is 0.261 e. The van der Waals surface area contributed by atoms with E-state index >= 15 is 0 Å². The lowest BCUT2D eigenvalue weighted by atomic mass is 9.81. The first-order valence-electron chi connectivity index (χ1n) is 8.32. The van der Waals surface area contributed by atoms with E-state index in [0.29, 0.717) is 11.6 Å². The quantitative estimate of drug-likeness (QED) is 0.831. The van der Waals surface area contributed by atoms with Crippen LogP contribution in [0.4, 0.5) is 0 Å². The van der Waals surface area contributed by atoms with Gasteiger partial charge in [-0.05, 0) is 37.1 Å². The normalized spacial score (nSPS) is 16.0. The van der Waals surface area contributed by atoms with E-state index < -0.39 is 5.54 Å². The molecule has 3 rings (SSSR count). The third-order valence-electron chi connectivity index (χ3n) is 4.73. The van der Waals surface area contributed by atoms with E-state index in [9.17, 15) is 10.1 Å². The van der Waals surface area contributed by atoms with Gasteiger partial charge in [-0.1, -0.05) is 19.3 Å². The zero-order valence-corrected chi connectivity index (χ0v) is 14.1. The van der Waals surface area contributed by atoms with Crippen LogP contribution < -0.4 is 4.74 Å². The number of nitriles is 1. The molecule has 0 spiro atoms. The molecule has 7 nitrogen and oxygen atoms in total. The summed E-state index contributed by atoms with van der Waals surface area (Å²) in [7, 11) is 1.69. The number of aromatic nitrogens is 2. The number of likely N-dealkylation sites (N-methyl/N-ethyl adjacent to an activating group) is 1. The molecule has 1 fully saturated rings. The molecule has 1 aromatic heterocycles. The summed E-state index contributed by atoms with van der Waals surface area (Å²) in [5.74, 6) is 0.805. The summed E-state index contributed by atoms with van der Waals surface area (Å²) < 4.78 is 10.7. The highest BCUT2D eigenvalue weighted by Crippen LogP contribution is 2.32.